The molecule has 8 nitrogen and oxygen atoms in total. The number of urea groups is 1. The molecule has 2 aliphatic heterocycles. The lowest BCUT2D eigenvalue weighted by Gasteiger charge is -2.25. The molecule has 172 valence electrons. The Hall–Kier alpha value is -3.55. The minimum Gasteiger partial charge on any atom is -0.486 e. The highest BCUT2D eigenvalue weighted by atomic mass is 16.6. The summed E-state index contributed by atoms with van der Waals surface area (Å²) >= 11 is 0. The van der Waals surface area contributed by atoms with Crippen molar-refractivity contribution in [3.8, 4) is 11.5 Å². The molecular weight excluding hydrogens is 422 g/mol. The third-order valence-electron chi connectivity index (χ3n) is 6.54. The Bertz CT molecular complexity index is 1110. The Morgan fingerprint density at radius 2 is 1.82 bits per heavy atom. The zero-order valence-electron chi connectivity index (χ0n) is 18.7. The zero-order valence-corrected chi connectivity index (χ0v) is 18.7. The van der Waals surface area contributed by atoms with E-state index in [0.717, 1.165) is 28.9 Å². The second-order valence-electron chi connectivity index (χ2n) is 9.10. The number of imide groups is 1. The number of nitrogens with zero attached hydrogens (tertiary/aromatic N) is 1. The van der Waals surface area contributed by atoms with Gasteiger partial charge in [-0.2, -0.15) is 0 Å². The summed E-state index contributed by atoms with van der Waals surface area (Å²) in [6.45, 7) is 4.20. The summed E-state index contributed by atoms with van der Waals surface area (Å²) in [5.74, 6) is 0.676. The number of carbonyl (C=O) groups is 3. The normalized spacial score (nSPS) is 22.7. The summed E-state index contributed by atoms with van der Waals surface area (Å²) in [5, 5.41) is 5.79. The summed E-state index contributed by atoms with van der Waals surface area (Å²) in [7, 11) is 0. The highest BCUT2D eigenvalue weighted by Crippen LogP contribution is 2.41. The molecule has 2 N–H and O–H groups in total. The number of rotatable bonds is 6. The molecule has 2 aromatic carbocycles. The molecule has 2 atom stereocenters. The van der Waals surface area contributed by atoms with Crippen LogP contribution in [0.4, 0.5) is 4.79 Å². The number of carbonyl (C=O) groups excluding carboxylic acids is 3. The molecule has 3 aliphatic rings. The molecule has 4 amide bonds. The van der Waals surface area contributed by atoms with Gasteiger partial charge in [0.25, 0.3) is 5.91 Å². The number of hydrogen-bond donors (Lipinski definition) is 2. The lowest BCUT2D eigenvalue weighted by Crippen LogP contribution is -2.44. The van der Waals surface area contributed by atoms with E-state index in [1.54, 1.807) is 25.1 Å². The molecule has 2 aromatic rings. The van der Waals surface area contributed by atoms with Crippen molar-refractivity contribution in [2.24, 2.45) is 5.92 Å². The van der Waals surface area contributed by atoms with E-state index < -0.39 is 17.5 Å². The molecule has 5 rings (SSSR count). The first-order valence-corrected chi connectivity index (χ1v) is 11.3. The Labute approximate surface area is 192 Å². The molecule has 1 aliphatic carbocycles. The van der Waals surface area contributed by atoms with Crippen LogP contribution in [0.25, 0.3) is 0 Å². The third-order valence-corrected chi connectivity index (χ3v) is 6.54. The van der Waals surface area contributed by atoms with E-state index >= 15 is 0 Å². The summed E-state index contributed by atoms with van der Waals surface area (Å²) < 4.78 is 11.2. The van der Waals surface area contributed by atoms with Crippen molar-refractivity contribution < 1.29 is 23.9 Å². The predicted octanol–water partition coefficient (Wildman–Crippen LogP) is 2.80. The zero-order chi connectivity index (χ0) is 23.2. The van der Waals surface area contributed by atoms with E-state index in [-0.39, 0.29) is 18.5 Å². The standard InChI is InChI=1S/C25H27N3O5/c1-15-3-5-16(6-4-15)22(17-7-8-17)26-21(29)14-28-23(30)25(2,27-24(28)31)18-9-10-19-20(13-18)33-12-11-32-19/h3-6,9-10,13,17,22H,7-8,11-12,14H2,1-2H3,(H,26,29)(H,27,31). The van der Waals surface area contributed by atoms with Gasteiger partial charge in [0, 0.05) is 0 Å². The van der Waals surface area contributed by atoms with Crippen LogP contribution in [0.5, 0.6) is 11.5 Å². The maximum atomic E-state index is 13.3. The largest absolute Gasteiger partial charge is 0.486 e. The minimum absolute atomic E-state index is 0.122. The minimum atomic E-state index is -1.29. The summed E-state index contributed by atoms with van der Waals surface area (Å²) in [6.07, 6.45) is 2.09. The molecule has 2 heterocycles. The molecule has 2 fully saturated rings. The van der Waals surface area contributed by atoms with Gasteiger partial charge in [0.1, 0.15) is 25.3 Å². The fourth-order valence-electron chi connectivity index (χ4n) is 4.43. The molecule has 0 aromatic heterocycles. The molecular formula is C25H27N3O5. The average molecular weight is 450 g/mol. The number of aryl methyl sites for hydroxylation is 1. The van der Waals surface area contributed by atoms with Crippen LogP contribution < -0.4 is 20.1 Å². The van der Waals surface area contributed by atoms with Crippen LogP contribution in [0.2, 0.25) is 0 Å². The van der Waals surface area contributed by atoms with Crippen molar-refractivity contribution in [3.63, 3.8) is 0 Å². The number of nitrogens with one attached hydrogen (secondary N) is 2. The van der Waals surface area contributed by atoms with Gasteiger partial charge >= 0.3 is 6.03 Å². The van der Waals surface area contributed by atoms with Gasteiger partial charge in [0.2, 0.25) is 5.91 Å². The number of amides is 4. The van der Waals surface area contributed by atoms with Crippen LogP contribution >= 0.6 is 0 Å². The van der Waals surface area contributed by atoms with E-state index in [1.807, 2.05) is 31.2 Å². The monoisotopic (exact) mass is 449 g/mol. The molecule has 1 saturated carbocycles. The fraction of sp³-hybridized carbons (Fsp3) is 0.400. The van der Waals surface area contributed by atoms with Crippen molar-refractivity contribution in [1.82, 2.24) is 15.5 Å². The van der Waals surface area contributed by atoms with Crippen LogP contribution in [0.3, 0.4) is 0 Å². The maximum Gasteiger partial charge on any atom is 0.325 e. The number of fused-ring (bicyclic) bond motifs is 1. The van der Waals surface area contributed by atoms with Crippen LogP contribution in [0.15, 0.2) is 42.5 Å². The molecule has 0 radical (unpaired) electrons. The predicted molar refractivity (Wildman–Crippen MR) is 120 cm³/mol. The molecule has 0 spiro atoms. The average Bonchev–Trinajstić information content (AvgIpc) is 3.63. The highest BCUT2D eigenvalue weighted by Gasteiger charge is 2.50. The van der Waals surface area contributed by atoms with Gasteiger partial charge in [-0.15, -0.1) is 0 Å². The van der Waals surface area contributed by atoms with Crippen LogP contribution in [0.1, 0.15) is 42.5 Å². The van der Waals surface area contributed by atoms with Gasteiger partial charge < -0.3 is 20.1 Å². The van der Waals surface area contributed by atoms with E-state index in [9.17, 15) is 14.4 Å². The number of ether oxygens (including phenoxy) is 2. The molecule has 1 saturated heterocycles. The lowest BCUT2D eigenvalue weighted by atomic mass is 9.91. The lowest BCUT2D eigenvalue weighted by molar-refractivity contribution is -0.135. The van der Waals surface area contributed by atoms with Crippen molar-refractivity contribution >= 4 is 17.8 Å². The van der Waals surface area contributed by atoms with Gasteiger partial charge in [-0.3, -0.25) is 14.5 Å². The van der Waals surface area contributed by atoms with Crippen LogP contribution in [0, 0.1) is 12.8 Å². The van der Waals surface area contributed by atoms with E-state index in [2.05, 4.69) is 10.6 Å². The fourth-order valence-corrected chi connectivity index (χ4v) is 4.43. The summed E-state index contributed by atoms with van der Waals surface area (Å²) in [4.78, 5) is 39.8. The first-order valence-electron chi connectivity index (χ1n) is 11.3. The van der Waals surface area contributed by atoms with Crippen LogP contribution in [-0.2, 0) is 15.1 Å². The van der Waals surface area contributed by atoms with Gasteiger partial charge in [0.05, 0.1) is 6.04 Å². The van der Waals surface area contributed by atoms with Gasteiger partial charge in [-0.05, 0) is 55.9 Å². The SMILES string of the molecule is Cc1ccc(C(NC(=O)CN2C(=O)NC(C)(c3ccc4c(c3)OCCO4)C2=O)C2CC2)cc1. The van der Waals surface area contributed by atoms with Crippen molar-refractivity contribution in [2.45, 2.75) is 38.3 Å². The Morgan fingerprint density at radius 1 is 1.12 bits per heavy atom. The number of benzene rings is 2. The van der Waals surface area contributed by atoms with Gasteiger partial charge in [0.15, 0.2) is 11.5 Å². The molecule has 0 bridgehead atoms. The van der Waals surface area contributed by atoms with Crippen LogP contribution in [-0.4, -0.2) is 42.5 Å². The Kier molecular flexibility index (Phi) is 5.23. The second-order valence-corrected chi connectivity index (χ2v) is 9.10. The first kappa shape index (κ1) is 21.3. The van der Waals surface area contributed by atoms with E-state index in [1.165, 1.54) is 0 Å². The molecule has 33 heavy (non-hydrogen) atoms. The Balaban J connectivity index is 1.31. The van der Waals surface area contributed by atoms with Gasteiger partial charge in [-0.1, -0.05) is 35.9 Å². The highest BCUT2D eigenvalue weighted by molar-refractivity contribution is 6.09. The second kappa shape index (κ2) is 8.10. The number of hydrogen-bond acceptors (Lipinski definition) is 5. The van der Waals surface area contributed by atoms with E-state index in [0.29, 0.717) is 36.2 Å². The van der Waals surface area contributed by atoms with Gasteiger partial charge in [-0.25, -0.2) is 4.79 Å². The molecule has 8 heteroatoms. The van der Waals surface area contributed by atoms with Crippen molar-refractivity contribution in [2.75, 3.05) is 19.8 Å². The summed E-state index contributed by atoms with van der Waals surface area (Å²) in [6, 6.07) is 12.5. The topological polar surface area (TPSA) is 97.0 Å². The van der Waals surface area contributed by atoms with Crippen molar-refractivity contribution in [1.29, 1.82) is 0 Å². The maximum absolute atomic E-state index is 13.3. The van der Waals surface area contributed by atoms with E-state index in [4.69, 9.17) is 9.47 Å². The summed E-state index contributed by atoms with van der Waals surface area (Å²) in [5.41, 5.74) is 1.47. The molecule has 2 unspecified atom stereocenters. The third kappa shape index (κ3) is 4.01. The Morgan fingerprint density at radius 3 is 2.52 bits per heavy atom. The van der Waals surface area contributed by atoms with Crippen molar-refractivity contribution in [3.05, 3.63) is 59.2 Å². The smallest absolute Gasteiger partial charge is 0.325 e. The quantitative estimate of drug-likeness (QED) is 0.661. The first-order chi connectivity index (χ1) is 15.8.